The van der Waals surface area contributed by atoms with Gasteiger partial charge in [-0.25, -0.2) is 13.2 Å². The summed E-state index contributed by atoms with van der Waals surface area (Å²) in [5, 5.41) is 11.9. The van der Waals surface area contributed by atoms with Crippen LogP contribution in [0.15, 0.2) is 83.8 Å². The van der Waals surface area contributed by atoms with Crippen LogP contribution in [0.4, 0.5) is 5.69 Å². The molecule has 154 valence electrons. The summed E-state index contributed by atoms with van der Waals surface area (Å²) in [6.45, 7) is 1.83. The number of para-hydroxylation sites is 1. The van der Waals surface area contributed by atoms with E-state index in [0.29, 0.717) is 0 Å². The highest BCUT2D eigenvalue weighted by molar-refractivity contribution is 7.92. The summed E-state index contributed by atoms with van der Waals surface area (Å²) in [6, 6.07) is 20.3. The molecule has 0 unspecified atom stereocenters. The quantitative estimate of drug-likeness (QED) is 0.536. The van der Waals surface area contributed by atoms with Gasteiger partial charge in [0.2, 0.25) is 0 Å². The first-order chi connectivity index (χ1) is 14.3. The van der Waals surface area contributed by atoms with Gasteiger partial charge in [0, 0.05) is 0 Å². The van der Waals surface area contributed by atoms with Crippen molar-refractivity contribution < 1.29 is 23.1 Å². The van der Waals surface area contributed by atoms with Gasteiger partial charge in [0.25, 0.3) is 15.9 Å². The van der Waals surface area contributed by atoms with Crippen LogP contribution >= 0.6 is 0 Å². The molecule has 0 fully saturated rings. The second-order valence-corrected chi connectivity index (χ2v) is 8.27. The van der Waals surface area contributed by atoms with Gasteiger partial charge in [-0.05, 0) is 42.8 Å². The minimum atomic E-state index is -4.10. The molecule has 0 heterocycles. The van der Waals surface area contributed by atoms with Gasteiger partial charge in [-0.1, -0.05) is 48.5 Å². The number of carbonyl (C=O) groups excluding carboxylic acids is 1. The molecule has 7 nitrogen and oxygen atoms in total. The van der Waals surface area contributed by atoms with Gasteiger partial charge >= 0.3 is 5.97 Å². The molecule has 0 aliphatic carbocycles. The number of carboxylic acid groups (broad SMARTS) is 1. The lowest BCUT2D eigenvalue weighted by Crippen LogP contribution is -2.28. The third-order valence-electron chi connectivity index (χ3n) is 4.45. The van der Waals surface area contributed by atoms with Crippen molar-refractivity contribution in [3.05, 3.63) is 95.6 Å². The number of benzene rings is 3. The van der Waals surface area contributed by atoms with Crippen molar-refractivity contribution in [2.75, 3.05) is 4.72 Å². The maximum absolute atomic E-state index is 12.8. The Morgan fingerprint density at radius 3 is 2.27 bits per heavy atom. The molecule has 3 N–H and O–H groups in total. The zero-order chi connectivity index (χ0) is 21.7. The Morgan fingerprint density at radius 2 is 1.57 bits per heavy atom. The van der Waals surface area contributed by atoms with Crippen molar-refractivity contribution in [2.24, 2.45) is 0 Å². The molecule has 0 radical (unpaired) electrons. The number of hydrogen-bond acceptors (Lipinski definition) is 4. The molecule has 30 heavy (non-hydrogen) atoms. The summed E-state index contributed by atoms with van der Waals surface area (Å²) in [4.78, 5) is 23.7. The van der Waals surface area contributed by atoms with E-state index in [1.165, 1.54) is 30.3 Å². The molecular weight excluding hydrogens is 404 g/mol. The van der Waals surface area contributed by atoms with E-state index in [0.717, 1.165) is 11.6 Å². The molecule has 0 bridgehead atoms. The first-order valence-corrected chi connectivity index (χ1v) is 10.6. The molecule has 0 saturated heterocycles. The fourth-order valence-electron chi connectivity index (χ4n) is 2.87. The molecule has 0 spiro atoms. The Hall–Kier alpha value is -3.65. The van der Waals surface area contributed by atoms with Crippen LogP contribution in [0.2, 0.25) is 0 Å². The van der Waals surface area contributed by atoms with Gasteiger partial charge in [-0.3, -0.25) is 9.52 Å². The molecule has 3 aromatic rings. The van der Waals surface area contributed by atoms with Crippen LogP contribution in [0, 0.1) is 0 Å². The van der Waals surface area contributed by atoms with Crippen LogP contribution in [0.3, 0.4) is 0 Å². The molecule has 0 aromatic heterocycles. The number of hydrogen-bond donors (Lipinski definition) is 3. The maximum Gasteiger partial charge on any atom is 0.335 e. The van der Waals surface area contributed by atoms with Gasteiger partial charge in [-0.2, -0.15) is 0 Å². The zero-order valence-electron chi connectivity index (χ0n) is 16.1. The summed E-state index contributed by atoms with van der Waals surface area (Å²) < 4.78 is 27.9. The smallest absolute Gasteiger partial charge is 0.335 e. The SMILES string of the molecule is C[C@H](NC(=O)c1ccccc1NS(=O)(=O)c1cccc(C(=O)O)c1)c1ccccc1. The average molecular weight is 424 g/mol. The number of rotatable bonds is 7. The summed E-state index contributed by atoms with van der Waals surface area (Å²) in [5.74, 6) is -1.68. The number of carboxylic acids is 1. The van der Waals surface area contributed by atoms with Crippen LogP contribution in [0.5, 0.6) is 0 Å². The molecule has 1 atom stereocenters. The maximum atomic E-state index is 12.8. The first-order valence-electron chi connectivity index (χ1n) is 9.09. The van der Waals surface area contributed by atoms with Crippen LogP contribution < -0.4 is 10.0 Å². The van der Waals surface area contributed by atoms with Gasteiger partial charge in [0.05, 0.1) is 27.8 Å². The monoisotopic (exact) mass is 424 g/mol. The highest BCUT2D eigenvalue weighted by Crippen LogP contribution is 2.22. The number of nitrogens with one attached hydrogen (secondary N) is 2. The summed E-state index contributed by atoms with van der Waals surface area (Å²) in [6.07, 6.45) is 0. The predicted molar refractivity (Wildman–Crippen MR) is 113 cm³/mol. The fourth-order valence-corrected chi connectivity index (χ4v) is 3.99. The highest BCUT2D eigenvalue weighted by Gasteiger charge is 2.20. The van der Waals surface area contributed by atoms with Crippen molar-refractivity contribution in [1.82, 2.24) is 5.32 Å². The Kier molecular flexibility index (Phi) is 6.17. The van der Waals surface area contributed by atoms with Crippen LogP contribution in [0.1, 0.15) is 39.2 Å². The molecule has 3 aromatic carbocycles. The standard InChI is InChI=1S/C22H20N2O5S/c1-15(16-8-3-2-4-9-16)23-21(25)19-12-5-6-13-20(19)24-30(28,29)18-11-7-10-17(14-18)22(26)27/h2-15,24H,1H3,(H,23,25)(H,26,27)/t15-/m0/s1. The molecular formula is C22H20N2O5S. The van der Waals surface area contributed by atoms with E-state index in [2.05, 4.69) is 10.0 Å². The Balaban J connectivity index is 1.85. The highest BCUT2D eigenvalue weighted by atomic mass is 32.2. The number of carbonyl (C=O) groups is 2. The van der Waals surface area contributed by atoms with E-state index < -0.39 is 21.9 Å². The fraction of sp³-hybridized carbons (Fsp3) is 0.0909. The Bertz CT molecular complexity index is 1180. The van der Waals surface area contributed by atoms with Crippen LogP contribution in [-0.4, -0.2) is 25.4 Å². The Labute approximate surface area is 174 Å². The van der Waals surface area contributed by atoms with E-state index in [9.17, 15) is 18.0 Å². The third-order valence-corrected chi connectivity index (χ3v) is 5.82. The molecule has 0 aliphatic heterocycles. The lowest BCUT2D eigenvalue weighted by Gasteiger charge is -2.17. The average Bonchev–Trinajstić information content (AvgIpc) is 2.74. The van der Waals surface area contributed by atoms with Crippen molar-refractivity contribution >= 4 is 27.6 Å². The largest absolute Gasteiger partial charge is 0.478 e. The topological polar surface area (TPSA) is 113 Å². The van der Waals surface area contributed by atoms with Gasteiger partial charge < -0.3 is 10.4 Å². The predicted octanol–water partition coefficient (Wildman–Crippen LogP) is 3.68. The number of aromatic carboxylic acids is 1. The molecule has 8 heteroatoms. The molecule has 0 saturated carbocycles. The minimum Gasteiger partial charge on any atom is -0.478 e. The Morgan fingerprint density at radius 1 is 0.900 bits per heavy atom. The zero-order valence-corrected chi connectivity index (χ0v) is 16.9. The second kappa shape index (κ2) is 8.79. The van der Waals surface area contributed by atoms with Crippen LogP contribution in [-0.2, 0) is 10.0 Å². The van der Waals surface area contributed by atoms with Crippen molar-refractivity contribution in [1.29, 1.82) is 0 Å². The molecule has 3 rings (SSSR count). The van der Waals surface area contributed by atoms with Crippen molar-refractivity contribution in [3.63, 3.8) is 0 Å². The van der Waals surface area contributed by atoms with Gasteiger partial charge in [0.1, 0.15) is 0 Å². The lowest BCUT2D eigenvalue weighted by molar-refractivity contribution is 0.0696. The first kappa shape index (κ1) is 21.1. The number of anilines is 1. The second-order valence-electron chi connectivity index (χ2n) is 6.59. The van der Waals surface area contributed by atoms with E-state index in [1.807, 2.05) is 37.3 Å². The molecule has 1 amide bonds. The molecule has 0 aliphatic rings. The van der Waals surface area contributed by atoms with Gasteiger partial charge in [0.15, 0.2) is 0 Å². The normalized spacial score (nSPS) is 12.0. The van der Waals surface area contributed by atoms with E-state index in [-0.39, 0.29) is 27.8 Å². The third kappa shape index (κ3) is 4.84. The van der Waals surface area contributed by atoms with E-state index >= 15 is 0 Å². The number of sulfonamides is 1. The van der Waals surface area contributed by atoms with Gasteiger partial charge in [-0.15, -0.1) is 0 Å². The minimum absolute atomic E-state index is 0.0935. The van der Waals surface area contributed by atoms with Crippen molar-refractivity contribution in [2.45, 2.75) is 17.9 Å². The summed E-state index contributed by atoms with van der Waals surface area (Å²) in [5.41, 5.74) is 1.00. The number of amides is 1. The summed E-state index contributed by atoms with van der Waals surface area (Å²) in [7, 11) is -4.10. The van der Waals surface area contributed by atoms with E-state index in [1.54, 1.807) is 12.1 Å². The van der Waals surface area contributed by atoms with Crippen LogP contribution in [0.25, 0.3) is 0 Å². The summed E-state index contributed by atoms with van der Waals surface area (Å²) >= 11 is 0. The lowest BCUT2D eigenvalue weighted by atomic mass is 10.1. The van der Waals surface area contributed by atoms with E-state index in [4.69, 9.17) is 5.11 Å². The van der Waals surface area contributed by atoms with Crippen molar-refractivity contribution in [3.8, 4) is 0 Å².